The summed E-state index contributed by atoms with van der Waals surface area (Å²) in [5.41, 5.74) is -0.572. The highest BCUT2D eigenvalue weighted by Gasteiger charge is 2.30. The molecule has 0 spiro atoms. The van der Waals surface area contributed by atoms with Crippen molar-refractivity contribution in [2.45, 2.75) is 20.0 Å². The first kappa shape index (κ1) is 17.0. The van der Waals surface area contributed by atoms with E-state index in [-0.39, 0.29) is 22.2 Å². The second kappa shape index (κ2) is 6.59. The lowest BCUT2D eigenvalue weighted by atomic mass is 10.1. The van der Waals surface area contributed by atoms with Gasteiger partial charge in [0, 0.05) is 11.6 Å². The fraction of sp³-hybridized carbons (Fsp3) is 0.286. The van der Waals surface area contributed by atoms with Crippen LogP contribution < -0.4 is 5.32 Å². The van der Waals surface area contributed by atoms with Crippen molar-refractivity contribution in [1.29, 1.82) is 5.26 Å². The van der Waals surface area contributed by atoms with Gasteiger partial charge in [0.1, 0.15) is 22.4 Å². The van der Waals surface area contributed by atoms with E-state index in [1.165, 1.54) is 12.1 Å². The molecule has 0 amide bonds. The van der Waals surface area contributed by atoms with Crippen molar-refractivity contribution in [1.82, 2.24) is 0 Å². The van der Waals surface area contributed by atoms with Crippen LogP contribution in [0, 0.1) is 17.2 Å². The number of aliphatic hydroxyl groups is 1. The predicted molar refractivity (Wildman–Crippen MR) is 77.8 cm³/mol. The normalized spacial score (nSPS) is 12.6. The molecule has 0 aliphatic heterocycles. The third-order valence-corrected chi connectivity index (χ3v) is 2.92. The number of nitrogens with zero attached hydrogens (tertiary/aromatic N) is 1. The molecule has 0 radical (unpaired) electrons. The van der Waals surface area contributed by atoms with Gasteiger partial charge in [0.15, 0.2) is 0 Å². The lowest BCUT2D eigenvalue weighted by Crippen LogP contribution is -2.15. The fourth-order valence-corrected chi connectivity index (χ4v) is 1.72. The lowest BCUT2D eigenvalue weighted by molar-refractivity contribution is -0.137. The Bertz CT molecular complexity index is 598. The minimum atomic E-state index is -4.41. The summed E-state index contributed by atoms with van der Waals surface area (Å²) in [6.45, 7) is 3.38. The second-order valence-corrected chi connectivity index (χ2v) is 4.96. The molecule has 7 heteroatoms. The summed E-state index contributed by atoms with van der Waals surface area (Å²) < 4.78 is 37.3. The van der Waals surface area contributed by atoms with Crippen LogP contribution in [0.5, 0.6) is 0 Å². The molecule has 0 atom stereocenters. The highest BCUT2D eigenvalue weighted by molar-refractivity contribution is 7.81. The summed E-state index contributed by atoms with van der Waals surface area (Å²) >= 11 is 4.98. The Kier molecular flexibility index (Phi) is 5.33. The largest absolute Gasteiger partial charge is 0.511 e. The first-order valence-corrected chi connectivity index (χ1v) is 6.39. The predicted octanol–water partition coefficient (Wildman–Crippen LogP) is 4.44. The van der Waals surface area contributed by atoms with E-state index in [0.29, 0.717) is 5.69 Å². The Morgan fingerprint density at radius 2 is 1.81 bits per heavy atom. The van der Waals surface area contributed by atoms with Crippen LogP contribution in [0.4, 0.5) is 18.9 Å². The number of alkyl halides is 3. The van der Waals surface area contributed by atoms with Gasteiger partial charge in [-0.2, -0.15) is 18.4 Å². The average Bonchev–Trinajstić information content (AvgIpc) is 2.38. The molecule has 0 aliphatic carbocycles. The van der Waals surface area contributed by atoms with Gasteiger partial charge in [-0.05, 0) is 24.3 Å². The number of nitrogens with one attached hydrogen (secondary N) is 1. The summed E-state index contributed by atoms with van der Waals surface area (Å²) in [5, 5.41) is 21.4. The van der Waals surface area contributed by atoms with E-state index in [9.17, 15) is 18.3 Å². The Labute approximate surface area is 125 Å². The van der Waals surface area contributed by atoms with Crippen LogP contribution in [0.2, 0.25) is 0 Å². The van der Waals surface area contributed by atoms with Gasteiger partial charge < -0.3 is 10.4 Å². The molecule has 0 saturated heterocycles. The molecule has 21 heavy (non-hydrogen) atoms. The lowest BCUT2D eigenvalue weighted by Gasteiger charge is -2.12. The van der Waals surface area contributed by atoms with E-state index >= 15 is 0 Å². The standard InChI is InChI=1S/C14H13F3N2OS/c1-8(2)12(20)11(7-18)13(21)19-10-5-3-9(4-6-10)14(15,16)17/h3-6,8,20H,1-2H3,(H,19,21). The number of hydrogen-bond acceptors (Lipinski definition) is 3. The van der Waals surface area contributed by atoms with Crippen LogP contribution in [0.1, 0.15) is 19.4 Å². The molecular weight excluding hydrogens is 301 g/mol. The SMILES string of the molecule is CC(C)C(O)=C(C#N)C(=S)Nc1ccc(C(F)(F)F)cc1. The van der Waals surface area contributed by atoms with E-state index in [0.717, 1.165) is 12.1 Å². The third-order valence-electron chi connectivity index (χ3n) is 2.61. The zero-order valence-corrected chi connectivity index (χ0v) is 12.1. The Morgan fingerprint density at radius 3 is 2.19 bits per heavy atom. The van der Waals surface area contributed by atoms with Crippen molar-refractivity contribution in [3.8, 4) is 6.07 Å². The summed E-state index contributed by atoms with van der Waals surface area (Å²) in [6, 6.07) is 6.01. The van der Waals surface area contributed by atoms with Crippen molar-refractivity contribution >= 4 is 22.9 Å². The van der Waals surface area contributed by atoms with Crippen LogP contribution in [0.15, 0.2) is 35.6 Å². The first-order valence-electron chi connectivity index (χ1n) is 5.98. The van der Waals surface area contributed by atoms with E-state index in [2.05, 4.69) is 5.32 Å². The molecule has 0 unspecified atom stereocenters. The van der Waals surface area contributed by atoms with Gasteiger partial charge in [-0.25, -0.2) is 0 Å². The molecule has 2 N–H and O–H groups in total. The molecule has 112 valence electrons. The maximum Gasteiger partial charge on any atom is 0.416 e. The number of halogens is 3. The maximum atomic E-state index is 12.4. The van der Waals surface area contributed by atoms with E-state index in [1.807, 2.05) is 0 Å². The average molecular weight is 314 g/mol. The summed E-state index contributed by atoms with van der Waals surface area (Å²) in [7, 11) is 0. The maximum absolute atomic E-state index is 12.4. The number of rotatable bonds is 3. The fourth-order valence-electron chi connectivity index (χ4n) is 1.45. The minimum absolute atomic E-state index is 0.0385. The molecule has 0 aliphatic rings. The summed E-state index contributed by atoms with van der Waals surface area (Å²) in [5.74, 6) is -0.450. The topological polar surface area (TPSA) is 56.0 Å². The van der Waals surface area contributed by atoms with Gasteiger partial charge in [0.25, 0.3) is 0 Å². The molecule has 0 fully saturated rings. The van der Waals surface area contributed by atoms with Crippen molar-refractivity contribution in [3.63, 3.8) is 0 Å². The van der Waals surface area contributed by atoms with Crippen LogP contribution in [-0.2, 0) is 6.18 Å². The molecule has 0 saturated carbocycles. The van der Waals surface area contributed by atoms with Gasteiger partial charge in [-0.1, -0.05) is 26.1 Å². The number of benzene rings is 1. The van der Waals surface area contributed by atoms with Crippen molar-refractivity contribution in [2.24, 2.45) is 5.92 Å². The van der Waals surface area contributed by atoms with Gasteiger partial charge in [-0.3, -0.25) is 0 Å². The monoisotopic (exact) mass is 314 g/mol. The third kappa shape index (κ3) is 4.46. The molecule has 0 bridgehead atoms. The molecule has 0 aromatic heterocycles. The van der Waals surface area contributed by atoms with Crippen molar-refractivity contribution in [3.05, 3.63) is 41.2 Å². The van der Waals surface area contributed by atoms with Crippen LogP contribution in [0.3, 0.4) is 0 Å². The zero-order valence-electron chi connectivity index (χ0n) is 11.3. The second-order valence-electron chi connectivity index (χ2n) is 4.56. The van der Waals surface area contributed by atoms with Crippen molar-refractivity contribution in [2.75, 3.05) is 5.32 Å². The van der Waals surface area contributed by atoms with Crippen LogP contribution >= 0.6 is 12.2 Å². The van der Waals surface area contributed by atoms with E-state index in [1.54, 1.807) is 19.9 Å². The Hall–Kier alpha value is -2.07. The number of aliphatic hydroxyl groups excluding tert-OH is 1. The quantitative estimate of drug-likeness (QED) is 0.375. The van der Waals surface area contributed by atoms with Gasteiger partial charge in [0.2, 0.25) is 0 Å². The summed E-state index contributed by atoms with van der Waals surface area (Å²) in [6.07, 6.45) is -4.41. The Morgan fingerprint density at radius 1 is 1.29 bits per heavy atom. The highest BCUT2D eigenvalue weighted by Crippen LogP contribution is 2.30. The first-order chi connectivity index (χ1) is 9.66. The van der Waals surface area contributed by atoms with E-state index < -0.39 is 11.7 Å². The molecule has 1 aromatic rings. The molecular formula is C14H13F3N2OS. The molecule has 0 heterocycles. The number of nitriles is 1. The number of anilines is 1. The number of hydrogen-bond donors (Lipinski definition) is 2. The highest BCUT2D eigenvalue weighted by atomic mass is 32.1. The molecule has 1 aromatic carbocycles. The Balaban J connectivity index is 2.94. The van der Waals surface area contributed by atoms with Crippen molar-refractivity contribution < 1.29 is 18.3 Å². The van der Waals surface area contributed by atoms with Gasteiger partial charge >= 0.3 is 6.18 Å². The number of thiocarbonyl (C=S) groups is 1. The van der Waals surface area contributed by atoms with Crippen LogP contribution in [0.25, 0.3) is 0 Å². The smallest absolute Gasteiger partial charge is 0.416 e. The zero-order chi connectivity index (χ0) is 16.2. The van der Waals surface area contributed by atoms with Gasteiger partial charge in [0.05, 0.1) is 5.56 Å². The minimum Gasteiger partial charge on any atom is -0.511 e. The summed E-state index contributed by atoms with van der Waals surface area (Å²) in [4.78, 5) is -0.0385. The molecule has 3 nitrogen and oxygen atoms in total. The molecule has 1 rings (SSSR count). The number of allylic oxidation sites excluding steroid dienone is 1. The van der Waals surface area contributed by atoms with Crippen LogP contribution in [-0.4, -0.2) is 10.1 Å². The van der Waals surface area contributed by atoms with E-state index in [4.69, 9.17) is 17.5 Å². The van der Waals surface area contributed by atoms with Gasteiger partial charge in [-0.15, -0.1) is 0 Å².